The fraction of sp³-hybridized carbons (Fsp3) is 0.273. The molecule has 1 aliphatic rings. The first-order valence-electron chi connectivity index (χ1n) is 9.58. The molecule has 144 valence electrons. The van der Waals surface area contributed by atoms with E-state index in [1.54, 1.807) is 0 Å². The fourth-order valence-corrected chi connectivity index (χ4v) is 3.52. The lowest BCUT2D eigenvalue weighted by Crippen LogP contribution is -2.49. The van der Waals surface area contributed by atoms with Crippen LogP contribution in [-0.2, 0) is 0 Å². The van der Waals surface area contributed by atoms with Crippen LogP contribution in [0.2, 0.25) is 0 Å². The lowest BCUT2D eigenvalue weighted by atomic mass is 10.1. The maximum Gasteiger partial charge on any atom is 0.253 e. The number of carbonyl (C=O) groups excluding carboxylic acids is 1. The Hall–Kier alpha value is -2.96. The normalized spacial score (nSPS) is 15.5. The van der Waals surface area contributed by atoms with Crippen molar-refractivity contribution in [3.05, 3.63) is 65.4 Å². The number of rotatable bonds is 5. The number of fused-ring (bicyclic) bond motifs is 1. The second-order valence-electron chi connectivity index (χ2n) is 6.97. The Morgan fingerprint density at radius 3 is 2.54 bits per heavy atom. The van der Waals surface area contributed by atoms with Crippen LogP contribution in [0.4, 0.5) is 0 Å². The third-order valence-corrected chi connectivity index (χ3v) is 5.17. The molecule has 0 saturated carbocycles. The minimum Gasteiger partial charge on any atom is -0.395 e. The Kier molecular flexibility index (Phi) is 5.50. The van der Waals surface area contributed by atoms with Crippen molar-refractivity contribution >= 4 is 29.0 Å². The van der Waals surface area contributed by atoms with Crippen molar-refractivity contribution in [3.8, 4) is 0 Å². The van der Waals surface area contributed by atoms with Crippen LogP contribution in [0, 0.1) is 0 Å². The Morgan fingerprint density at radius 2 is 1.79 bits per heavy atom. The van der Waals surface area contributed by atoms with Crippen LogP contribution in [0.1, 0.15) is 21.6 Å². The Morgan fingerprint density at radius 1 is 1.04 bits per heavy atom. The van der Waals surface area contributed by atoms with E-state index in [1.807, 2.05) is 65.6 Å². The minimum absolute atomic E-state index is 0.0671. The molecule has 0 radical (unpaired) electrons. The van der Waals surface area contributed by atoms with Gasteiger partial charge in [-0.25, -0.2) is 0 Å². The molecule has 1 amide bonds. The van der Waals surface area contributed by atoms with Gasteiger partial charge in [-0.2, -0.15) is 5.10 Å². The summed E-state index contributed by atoms with van der Waals surface area (Å²) in [5.74, 6) is 0.0671. The van der Waals surface area contributed by atoms with Gasteiger partial charge in [0.2, 0.25) is 0 Å². The number of piperazine rings is 1. The first-order chi connectivity index (χ1) is 13.7. The number of amides is 1. The van der Waals surface area contributed by atoms with Crippen LogP contribution < -0.4 is 0 Å². The number of aliphatic hydroxyl groups excluding tert-OH is 1. The van der Waals surface area contributed by atoms with Crippen molar-refractivity contribution in [3.63, 3.8) is 0 Å². The van der Waals surface area contributed by atoms with E-state index in [2.05, 4.69) is 15.1 Å². The lowest BCUT2D eigenvalue weighted by molar-refractivity contribution is 0.0615. The number of nitrogens with zero attached hydrogens (tertiary/aromatic N) is 3. The molecule has 28 heavy (non-hydrogen) atoms. The summed E-state index contributed by atoms with van der Waals surface area (Å²) in [6.45, 7) is 3.86. The van der Waals surface area contributed by atoms with E-state index in [1.165, 1.54) is 0 Å². The predicted molar refractivity (Wildman–Crippen MR) is 111 cm³/mol. The quantitative estimate of drug-likeness (QED) is 0.718. The highest BCUT2D eigenvalue weighted by Gasteiger charge is 2.21. The van der Waals surface area contributed by atoms with Gasteiger partial charge < -0.3 is 10.0 Å². The average molecular weight is 376 g/mol. The molecule has 4 rings (SSSR count). The molecular weight excluding hydrogens is 352 g/mol. The topological polar surface area (TPSA) is 72.5 Å². The number of hydrogen-bond acceptors (Lipinski definition) is 4. The van der Waals surface area contributed by atoms with Crippen molar-refractivity contribution in [2.45, 2.75) is 0 Å². The summed E-state index contributed by atoms with van der Waals surface area (Å²) < 4.78 is 0. The van der Waals surface area contributed by atoms with Gasteiger partial charge >= 0.3 is 0 Å². The predicted octanol–water partition coefficient (Wildman–Crippen LogP) is 2.48. The van der Waals surface area contributed by atoms with Crippen molar-refractivity contribution < 1.29 is 9.90 Å². The van der Waals surface area contributed by atoms with E-state index in [0.29, 0.717) is 25.2 Å². The first kappa shape index (κ1) is 18.4. The summed E-state index contributed by atoms with van der Waals surface area (Å²) in [4.78, 5) is 16.8. The van der Waals surface area contributed by atoms with Crippen LogP contribution >= 0.6 is 0 Å². The van der Waals surface area contributed by atoms with Gasteiger partial charge in [-0.1, -0.05) is 36.4 Å². The van der Waals surface area contributed by atoms with E-state index >= 15 is 0 Å². The number of aromatic nitrogens is 2. The molecule has 6 nitrogen and oxygen atoms in total. The monoisotopic (exact) mass is 376 g/mol. The van der Waals surface area contributed by atoms with Gasteiger partial charge in [0, 0.05) is 43.7 Å². The molecular formula is C22H24N4O2. The van der Waals surface area contributed by atoms with Crippen molar-refractivity contribution in [2.75, 3.05) is 39.3 Å². The maximum atomic E-state index is 12.7. The summed E-state index contributed by atoms with van der Waals surface area (Å²) in [5, 5.41) is 17.5. The largest absolute Gasteiger partial charge is 0.395 e. The van der Waals surface area contributed by atoms with Gasteiger partial charge in [0.25, 0.3) is 5.91 Å². The van der Waals surface area contributed by atoms with Gasteiger partial charge in [0.1, 0.15) is 0 Å². The summed E-state index contributed by atoms with van der Waals surface area (Å²) in [6.07, 6.45) is 3.99. The highest BCUT2D eigenvalue weighted by molar-refractivity contribution is 5.95. The molecule has 1 saturated heterocycles. The molecule has 6 heteroatoms. The number of nitrogens with one attached hydrogen (secondary N) is 1. The zero-order valence-electron chi connectivity index (χ0n) is 15.7. The molecule has 1 fully saturated rings. The number of β-amino-alcohol motifs (C(OH)–C–C–N with tert-alkyl or cyclic N) is 1. The van der Waals surface area contributed by atoms with Gasteiger partial charge in [0.15, 0.2) is 0 Å². The SMILES string of the molecule is O=C(c1ccc(/C=C/c2n[nH]c3ccccc23)cc1)N1CCN(CCO)CC1. The van der Waals surface area contributed by atoms with Crippen molar-refractivity contribution in [1.29, 1.82) is 0 Å². The fourth-order valence-electron chi connectivity index (χ4n) is 3.52. The van der Waals surface area contributed by atoms with Gasteiger partial charge in [0.05, 0.1) is 17.8 Å². The highest BCUT2D eigenvalue weighted by Crippen LogP contribution is 2.18. The van der Waals surface area contributed by atoms with Crippen molar-refractivity contribution in [1.82, 2.24) is 20.0 Å². The number of aromatic amines is 1. The van der Waals surface area contributed by atoms with Crippen LogP contribution in [0.3, 0.4) is 0 Å². The summed E-state index contributed by atoms with van der Waals surface area (Å²) in [6, 6.07) is 15.7. The van der Waals surface area contributed by atoms with E-state index in [9.17, 15) is 4.79 Å². The smallest absolute Gasteiger partial charge is 0.253 e. The second-order valence-corrected chi connectivity index (χ2v) is 6.97. The molecule has 1 aliphatic heterocycles. The molecule has 2 aromatic carbocycles. The molecule has 0 aliphatic carbocycles. The molecule has 0 unspecified atom stereocenters. The highest BCUT2D eigenvalue weighted by atomic mass is 16.3. The number of carbonyl (C=O) groups is 1. The van der Waals surface area contributed by atoms with Gasteiger partial charge in [-0.15, -0.1) is 0 Å². The Labute approximate surface area is 164 Å². The molecule has 0 bridgehead atoms. The number of H-pyrrole nitrogens is 1. The number of benzene rings is 2. The molecule has 0 spiro atoms. The standard InChI is InChI=1S/C22H24N4O2/c27-16-15-25-11-13-26(14-12-25)22(28)18-8-5-17(6-9-18)7-10-21-19-3-1-2-4-20(19)23-24-21/h1-10,27H,11-16H2,(H,23,24)/b10-7+. The second kappa shape index (κ2) is 8.37. The molecule has 3 aromatic rings. The Balaban J connectivity index is 1.40. The van der Waals surface area contributed by atoms with E-state index in [0.717, 1.165) is 35.2 Å². The molecule has 2 heterocycles. The summed E-state index contributed by atoms with van der Waals surface area (Å²) in [7, 11) is 0. The number of hydrogen-bond donors (Lipinski definition) is 2. The van der Waals surface area contributed by atoms with E-state index < -0.39 is 0 Å². The summed E-state index contributed by atoms with van der Waals surface area (Å²) in [5.41, 5.74) is 3.65. The minimum atomic E-state index is 0.0671. The summed E-state index contributed by atoms with van der Waals surface area (Å²) >= 11 is 0. The first-order valence-corrected chi connectivity index (χ1v) is 9.58. The zero-order valence-corrected chi connectivity index (χ0v) is 15.7. The molecule has 0 atom stereocenters. The number of aliphatic hydroxyl groups is 1. The van der Waals surface area contributed by atoms with E-state index in [-0.39, 0.29) is 12.5 Å². The number of para-hydroxylation sites is 1. The third-order valence-electron chi connectivity index (χ3n) is 5.17. The zero-order chi connectivity index (χ0) is 19.3. The van der Waals surface area contributed by atoms with Crippen LogP contribution in [-0.4, -0.2) is 70.3 Å². The average Bonchev–Trinajstić information content (AvgIpc) is 3.16. The van der Waals surface area contributed by atoms with Crippen LogP contribution in [0.25, 0.3) is 23.1 Å². The van der Waals surface area contributed by atoms with Crippen molar-refractivity contribution in [2.24, 2.45) is 0 Å². The van der Waals surface area contributed by atoms with Crippen LogP contribution in [0.5, 0.6) is 0 Å². The van der Waals surface area contributed by atoms with Gasteiger partial charge in [-0.3, -0.25) is 14.8 Å². The maximum absolute atomic E-state index is 12.7. The lowest BCUT2D eigenvalue weighted by Gasteiger charge is -2.34. The molecule has 1 aromatic heterocycles. The van der Waals surface area contributed by atoms with Crippen LogP contribution in [0.15, 0.2) is 48.5 Å². The van der Waals surface area contributed by atoms with Gasteiger partial charge in [-0.05, 0) is 29.8 Å². The Bertz CT molecular complexity index is 970. The molecule has 2 N–H and O–H groups in total. The third kappa shape index (κ3) is 3.98. The van der Waals surface area contributed by atoms with E-state index in [4.69, 9.17) is 5.11 Å².